The molecule has 0 aromatic heterocycles. The molecule has 0 spiro atoms. The maximum absolute atomic E-state index is 11.9. The second-order valence-corrected chi connectivity index (χ2v) is 6.61. The van der Waals surface area contributed by atoms with Gasteiger partial charge in [-0.2, -0.15) is 0 Å². The number of carbonyl (C=O) groups excluding carboxylic acids is 1. The molecule has 92 valence electrons. The monoisotopic (exact) mass is 232 g/mol. The lowest BCUT2D eigenvalue weighted by Crippen LogP contribution is -2.37. The first-order valence-corrected chi connectivity index (χ1v) is 7.09. The predicted octanol–water partition coefficient (Wildman–Crippen LogP) is 2.79. The molecule has 1 heterocycles. The Labute approximate surface area is 102 Å². The summed E-state index contributed by atoms with van der Waals surface area (Å²) in [5.41, 5.74) is 1.03. The van der Waals surface area contributed by atoms with Gasteiger partial charge in [0.05, 0.1) is 0 Å². The minimum absolute atomic E-state index is 0.0121. The zero-order chi connectivity index (χ0) is 11.7. The van der Waals surface area contributed by atoms with Crippen LogP contribution in [0, 0.1) is 35.5 Å². The number of hydrogen-bond donors (Lipinski definition) is 0. The van der Waals surface area contributed by atoms with E-state index in [0.717, 1.165) is 35.7 Å². The molecule has 0 amide bonds. The Balaban J connectivity index is 1.83. The lowest BCUT2D eigenvalue weighted by molar-refractivity contribution is -0.140. The van der Waals surface area contributed by atoms with Crippen molar-refractivity contribution in [3.8, 4) is 0 Å². The first-order valence-electron chi connectivity index (χ1n) is 7.09. The van der Waals surface area contributed by atoms with Gasteiger partial charge >= 0.3 is 5.97 Å². The van der Waals surface area contributed by atoms with Crippen molar-refractivity contribution in [3.05, 3.63) is 11.6 Å². The highest BCUT2D eigenvalue weighted by molar-refractivity contribution is 5.92. The van der Waals surface area contributed by atoms with Crippen molar-refractivity contribution in [2.45, 2.75) is 39.2 Å². The summed E-state index contributed by atoms with van der Waals surface area (Å²) < 4.78 is 5.65. The fraction of sp³-hybridized carbons (Fsp3) is 0.800. The molecule has 1 saturated heterocycles. The van der Waals surface area contributed by atoms with Crippen LogP contribution in [0.3, 0.4) is 0 Å². The van der Waals surface area contributed by atoms with Crippen LogP contribution in [0.5, 0.6) is 0 Å². The summed E-state index contributed by atoms with van der Waals surface area (Å²) in [5.74, 6) is 4.20. The van der Waals surface area contributed by atoms with Crippen LogP contribution in [0.2, 0.25) is 0 Å². The van der Waals surface area contributed by atoms with Gasteiger partial charge in [0.2, 0.25) is 0 Å². The Bertz CT molecular complexity index is 411. The van der Waals surface area contributed by atoms with E-state index >= 15 is 0 Å². The molecule has 2 saturated carbocycles. The molecule has 7 atom stereocenters. The molecular formula is C15H20O2. The molecule has 3 aliphatic carbocycles. The average Bonchev–Trinajstić information content (AvgIpc) is 2.79. The molecule has 0 unspecified atom stereocenters. The van der Waals surface area contributed by atoms with Gasteiger partial charge in [0, 0.05) is 11.5 Å². The topological polar surface area (TPSA) is 26.3 Å². The van der Waals surface area contributed by atoms with Crippen molar-refractivity contribution in [1.29, 1.82) is 0 Å². The zero-order valence-corrected chi connectivity index (χ0v) is 10.6. The van der Waals surface area contributed by atoms with Crippen molar-refractivity contribution in [1.82, 2.24) is 0 Å². The number of esters is 1. The standard InChI is InChI=1S/C15H20O2/c1-7-3-4-10-8(2)14-13-11(15(16)17-14)6-5-9(7)12(10)13/h6-10,12-14H,3-5H2,1-2H3/t7-,8+,9-,10+,12-,13-,14+/m0/s1. The van der Waals surface area contributed by atoms with Crippen molar-refractivity contribution < 1.29 is 9.53 Å². The molecule has 4 aliphatic rings. The van der Waals surface area contributed by atoms with Crippen LogP contribution < -0.4 is 0 Å². The third kappa shape index (κ3) is 1.10. The molecule has 2 heteroatoms. The number of hydrogen-bond acceptors (Lipinski definition) is 2. The molecule has 0 aromatic rings. The van der Waals surface area contributed by atoms with Crippen LogP contribution >= 0.6 is 0 Å². The first-order chi connectivity index (χ1) is 8.18. The van der Waals surface area contributed by atoms with E-state index in [0.29, 0.717) is 11.8 Å². The lowest BCUT2D eigenvalue weighted by Gasteiger charge is -2.43. The number of rotatable bonds is 0. The Morgan fingerprint density at radius 3 is 2.88 bits per heavy atom. The van der Waals surface area contributed by atoms with E-state index < -0.39 is 0 Å². The van der Waals surface area contributed by atoms with Crippen LogP contribution in [-0.4, -0.2) is 12.1 Å². The lowest BCUT2D eigenvalue weighted by atomic mass is 9.61. The van der Waals surface area contributed by atoms with Crippen LogP contribution in [0.1, 0.15) is 33.1 Å². The summed E-state index contributed by atoms with van der Waals surface area (Å²) in [5, 5.41) is 0. The Hall–Kier alpha value is -0.790. The van der Waals surface area contributed by atoms with Gasteiger partial charge in [-0.1, -0.05) is 26.3 Å². The summed E-state index contributed by atoms with van der Waals surface area (Å²) in [6.07, 6.45) is 6.24. The molecule has 17 heavy (non-hydrogen) atoms. The third-order valence-corrected chi connectivity index (χ3v) is 6.09. The Kier molecular flexibility index (Phi) is 1.88. The van der Waals surface area contributed by atoms with Crippen molar-refractivity contribution in [3.63, 3.8) is 0 Å². The number of ether oxygens (including phenoxy) is 1. The van der Waals surface area contributed by atoms with Crippen molar-refractivity contribution >= 4 is 5.97 Å². The third-order valence-electron chi connectivity index (χ3n) is 6.09. The van der Waals surface area contributed by atoms with E-state index in [1.165, 1.54) is 12.8 Å². The molecule has 2 nitrogen and oxygen atoms in total. The molecule has 3 fully saturated rings. The number of allylic oxidation sites excluding steroid dienone is 1. The van der Waals surface area contributed by atoms with Gasteiger partial charge in [0.15, 0.2) is 0 Å². The Morgan fingerprint density at radius 2 is 2.06 bits per heavy atom. The van der Waals surface area contributed by atoms with Gasteiger partial charge in [0.25, 0.3) is 0 Å². The van der Waals surface area contributed by atoms with E-state index in [2.05, 4.69) is 19.9 Å². The molecule has 0 aromatic carbocycles. The maximum Gasteiger partial charge on any atom is 0.334 e. The average molecular weight is 232 g/mol. The van der Waals surface area contributed by atoms with E-state index in [1.54, 1.807) is 0 Å². The van der Waals surface area contributed by atoms with Crippen LogP contribution in [-0.2, 0) is 9.53 Å². The SMILES string of the molecule is C[C@@H]1[C@H]2CC[C@H](C)[C@@H]3CC=C4C(=O)O[C@H]1[C@@H]4[C@H]23. The summed E-state index contributed by atoms with van der Waals surface area (Å²) >= 11 is 0. The van der Waals surface area contributed by atoms with Crippen molar-refractivity contribution in [2.24, 2.45) is 35.5 Å². The van der Waals surface area contributed by atoms with Crippen molar-refractivity contribution in [2.75, 3.05) is 0 Å². The van der Waals surface area contributed by atoms with E-state index in [1.807, 2.05) is 0 Å². The summed E-state index contributed by atoms with van der Waals surface area (Å²) in [6, 6.07) is 0. The molecule has 0 radical (unpaired) electrons. The zero-order valence-electron chi connectivity index (χ0n) is 10.6. The number of carbonyl (C=O) groups is 1. The van der Waals surface area contributed by atoms with Gasteiger partial charge < -0.3 is 4.74 Å². The fourth-order valence-corrected chi connectivity index (χ4v) is 5.26. The highest BCUT2D eigenvalue weighted by Gasteiger charge is 2.61. The van der Waals surface area contributed by atoms with Crippen LogP contribution in [0.25, 0.3) is 0 Å². The normalized spacial score (nSPS) is 55.3. The summed E-state index contributed by atoms with van der Waals surface area (Å²) in [4.78, 5) is 11.9. The summed E-state index contributed by atoms with van der Waals surface area (Å²) in [6.45, 7) is 4.70. The van der Waals surface area contributed by atoms with Gasteiger partial charge in [-0.3, -0.25) is 0 Å². The first kappa shape index (κ1) is 10.2. The molecular weight excluding hydrogens is 212 g/mol. The smallest absolute Gasteiger partial charge is 0.334 e. The minimum Gasteiger partial charge on any atom is -0.458 e. The molecule has 0 N–H and O–H groups in total. The van der Waals surface area contributed by atoms with Gasteiger partial charge in [-0.25, -0.2) is 4.79 Å². The largest absolute Gasteiger partial charge is 0.458 e. The van der Waals surface area contributed by atoms with Gasteiger partial charge in [-0.05, 0) is 42.4 Å². The Morgan fingerprint density at radius 1 is 1.24 bits per heavy atom. The summed E-state index contributed by atoms with van der Waals surface area (Å²) in [7, 11) is 0. The minimum atomic E-state index is -0.0121. The predicted molar refractivity (Wildman–Crippen MR) is 64.1 cm³/mol. The molecule has 4 rings (SSSR count). The second kappa shape index (κ2) is 3.15. The van der Waals surface area contributed by atoms with E-state index in [-0.39, 0.29) is 12.1 Å². The van der Waals surface area contributed by atoms with Gasteiger partial charge in [0.1, 0.15) is 6.10 Å². The van der Waals surface area contributed by atoms with E-state index in [9.17, 15) is 4.79 Å². The highest BCUT2D eigenvalue weighted by atomic mass is 16.6. The maximum atomic E-state index is 11.9. The second-order valence-electron chi connectivity index (χ2n) is 6.61. The molecule has 1 aliphatic heterocycles. The quantitative estimate of drug-likeness (QED) is 0.600. The van der Waals surface area contributed by atoms with Crippen LogP contribution in [0.15, 0.2) is 11.6 Å². The molecule has 0 bridgehead atoms. The van der Waals surface area contributed by atoms with E-state index in [4.69, 9.17) is 4.74 Å². The van der Waals surface area contributed by atoms with Gasteiger partial charge in [-0.15, -0.1) is 0 Å². The van der Waals surface area contributed by atoms with Crippen LogP contribution in [0.4, 0.5) is 0 Å². The highest BCUT2D eigenvalue weighted by Crippen LogP contribution is 2.61. The fourth-order valence-electron chi connectivity index (χ4n) is 5.26.